The zero-order chi connectivity index (χ0) is 25.9. The van der Waals surface area contributed by atoms with Crippen molar-refractivity contribution in [1.29, 1.82) is 0 Å². The minimum absolute atomic E-state index is 0.766. The van der Waals surface area contributed by atoms with Gasteiger partial charge in [-0.05, 0) is 104 Å². The van der Waals surface area contributed by atoms with Crippen LogP contribution in [0.3, 0.4) is 0 Å². The van der Waals surface area contributed by atoms with Crippen molar-refractivity contribution in [2.24, 2.45) is 0 Å². The lowest BCUT2D eigenvalue weighted by Crippen LogP contribution is -1.96. The number of benzene rings is 6. The molecule has 0 saturated heterocycles. The molecular weight excluding hydrogens is 464 g/mol. The summed E-state index contributed by atoms with van der Waals surface area (Å²) in [6.07, 6.45) is 4.43. The third-order valence-corrected chi connectivity index (χ3v) is 7.49. The first-order valence-corrected chi connectivity index (χ1v) is 13.9. The van der Waals surface area contributed by atoms with Gasteiger partial charge >= 0.3 is 0 Å². The van der Waals surface area contributed by atoms with Crippen molar-refractivity contribution in [2.75, 3.05) is 13.2 Å². The SMILES string of the molecule is CCCCOc1ccc(-c2cc3cccc4cc(-c5ccc(OCCCC)cc5)c5cccc2c5c34)cc1. The Labute approximate surface area is 225 Å². The number of rotatable bonds is 10. The Morgan fingerprint density at radius 1 is 0.500 bits per heavy atom. The molecule has 2 nitrogen and oxygen atoms in total. The van der Waals surface area contributed by atoms with Crippen LogP contribution in [0, 0.1) is 0 Å². The van der Waals surface area contributed by atoms with Crippen LogP contribution in [0.4, 0.5) is 0 Å². The van der Waals surface area contributed by atoms with Crippen LogP contribution in [0.15, 0.2) is 97.1 Å². The topological polar surface area (TPSA) is 18.5 Å². The first-order chi connectivity index (χ1) is 18.8. The molecule has 0 bridgehead atoms. The smallest absolute Gasteiger partial charge is 0.119 e. The molecule has 0 radical (unpaired) electrons. The first kappa shape index (κ1) is 24.3. The van der Waals surface area contributed by atoms with Crippen molar-refractivity contribution in [3.05, 3.63) is 97.1 Å². The maximum absolute atomic E-state index is 5.92. The third-order valence-electron chi connectivity index (χ3n) is 7.49. The van der Waals surface area contributed by atoms with E-state index >= 15 is 0 Å². The highest BCUT2D eigenvalue weighted by molar-refractivity contribution is 6.29. The van der Waals surface area contributed by atoms with Crippen molar-refractivity contribution in [3.8, 4) is 33.8 Å². The molecule has 0 unspecified atom stereocenters. The highest BCUT2D eigenvalue weighted by Gasteiger charge is 2.16. The van der Waals surface area contributed by atoms with Crippen LogP contribution in [0.1, 0.15) is 39.5 Å². The molecular formula is C36H34O2. The van der Waals surface area contributed by atoms with E-state index in [-0.39, 0.29) is 0 Å². The van der Waals surface area contributed by atoms with Gasteiger partial charge in [0.05, 0.1) is 13.2 Å². The summed E-state index contributed by atoms with van der Waals surface area (Å²) in [6, 6.07) is 35.2. The van der Waals surface area contributed by atoms with Gasteiger partial charge in [0.2, 0.25) is 0 Å². The molecule has 6 aromatic carbocycles. The van der Waals surface area contributed by atoms with Crippen LogP contribution in [0.25, 0.3) is 54.6 Å². The normalized spacial score (nSPS) is 11.5. The summed E-state index contributed by atoms with van der Waals surface area (Å²) in [5, 5.41) is 7.79. The van der Waals surface area contributed by atoms with Crippen LogP contribution < -0.4 is 9.47 Å². The van der Waals surface area contributed by atoms with Gasteiger partial charge in [0.25, 0.3) is 0 Å². The molecule has 190 valence electrons. The lowest BCUT2D eigenvalue weighted by Gasteiger charge is -2.18. The van der Waals surface area contributed by atoms with Crippen LogP contribution in [0.5, 0.6) is 11.5 Å². The van der Waals surface area contributed by atoms with Crippen molar-refractivity contribution < 1.29 is 9.47 Å². The number of ether oxygens (including phenoxy) is 2. The van der Waals surface area contributed by atoms with Gasteiger partial charge in [-0.25, -0.2) is 0 Å². The summed E-state index contributed by atoms with van der Waals surface area (Å²) < 4.78 is 11.8. The minimum Gasteiger partial charge on any atom is -0.494 e. The van der Waals surface area contributed by atoms with Crippen molar-refractivity contribution in [3.63, 3.8) is 0 Å². The average molecular weight is 499 g/mol. The zero-order valence-corrected chi connectivity index (χ0v) is 22.3. The van der Waals surface area contributed by atoms with Gasteiger partial charge in [-0.2, -0.15) is 0 Å². The molecule has 0 aliphatic heterocycles. The van der Waals surface area contributed by atoms with E-state index in [1.54, 1.807) is 0 Å². The van der Waals surface area contributed by atoms with E-state index in [9.17, 15) is 0 Å². The van der Waals surface area contributed by atoms with Crippen LogP contribution in [0.2, 0.25) is 0 Å². The summed E-state index contributed by atoms with van der Waals surface area (Å²) in [6.45, 7) is 5.90. The van der Waals surface area contributed by atoms with Gasteiger partial charge in [-0.1, -0.05) is 87.4 Å². The molecule has 0 N–H and O–H groups in total. The molecule has 0 saturated carbocycles. The predicted molar refractivity (Wildman–Crippen MR) is 162 cm³/mol. The summed E-state index contributed by atoms with van der Waals surface area (Å²) in [5.74, 6) is 1.87. The Balaban J connectivity index is 1.47. The lowest BCUT2D eigenvalue weighted by atomic mass is 9.86. The van der Waals surface area contributed by atoms with E-state index in [1.165, 1.54) is 54.6 Å². The number of hydrogen-bond donors (Lipinski definition) is 0. The molecule has 0 spiro atoms. The fourth-order valence-corrected chi connectivity index (χ4v) is 5.46. The third kappa shape index (κ3) is 4.56. The van der Waals surface area contributed by atoms with E-state index in [0.29, 0.717) is 0 Å². The van der Waals surface area contributed by atoms with Gasteiger partial charge in [0, 0.05) is 0 Å². The number of unbranched alkanes of at least 4 members (excludes halogenated alkanes) is 2. The first-order valence-electron chi connectivity index (χ1n) is 13.9. The Morgan fingerprint density at radius 3 is 1.39 bits per heavy atom. The van der Waals surface area contributed by atoms with Crippen LogP contribution in [-0.2, 0) is 0 Å². The fourth-order valence-electron chi connectivity index (χ4n) is 5.46. The quantitative estimate of drug-likeness (QED) is 0.138. The van der Waals surface area contributed by atoms with E-state index in [4.69, 9.17) is 9.47 Å². The Bertz CT molecular complexity index is 1540. The summed E-state index contributed by atoms with van der Waals surface area (Å²) >= 11 is 0. The van der Waals surface area contributed by atoms with Crippen molar-refractivity contribution in [1.82, 2.24) is 0 Å². The Hall–Kier alpha value is -4.04. The standard InChI is InChI=1S/C36H34O2/c1-3-5-21-37-29-17-13-25(14-18-29)33-23-27-9-7-10-28-24-34(32-12-8-11-31(33)36(32)35(27)28)26-15-19-30(20-16-26)38-22-6-4-2/h7-20,23-24H,3-6,21-22H2,1-2H3. The second-order valence-corrected chi connectivity index (χ2v) is 10.1. The van der Waals surface area contributed by atoms with Crippen molar-refractivity contribution in [2.45, 2.75) is 39.5 Å². The maximum Gasteiger partial charge on any atom is 0.119 e. The molecule has 0 aliphatic carbocycles. The fraction of sp³-hybridized carbons (Fsp3) is 0.222. The largest absolute Gasteiger partial charge is 0.494 e. The molecule has 0 heterocycles. The summed E-state index contributed by atoms with van der Waals surface area (Å²) in [4.78, 5) is 0. The molecule has 38 heavy (non-hydrogen) atoms. The average Bonchev–Trinajstić information content (AvgIpc) is 2.96. The van der Waals surface area contributed by atoms with Gasteiger partial charge in [0.1, 0.15) is 11.5 Å². The van der Waals surface area contributed by atoms with Gasteiger partial charge < -0.3 is 9.47 Å². The molecule has 0 aliphatic rings. The van der Waals surface area contributed by atoms with E-state index < -0.39 is 0 Å². The number of hydrogen-bond acceptors (Lipinski definition) is 2. The Kier molecular flexibility index (Phi) is 6.88. The summed E-state index contributed by atoms with van der Waals surface area (Å²) in [5.41, 5.74) is 4.93. The van der Waals surface area contributed by atoms with E-state index in [2.05, 4.69) is 111 Å². The van der Waals surface area contributed by atoms with E-state index in [1.807, 2.05) is 0 Å². The van der Waals surface area contributed by atoms with E-state index in [0.717, 1.165) is 50.4 Å². The molecule has 0 fully saturated rings. The van der Waals surface area contributed by atoms with Gasteiger partial charge in [0.15, 0.2) is 0 Å². The van der Waals surface area contributed by atoms with Crippen molar-refractivity contribution >= 4 is 32.3 Å². The molecule has 0 atom stereocenters. The second-order valence-electron chi connectivity index (χ2n) is 10.1. The van der Waals surface area contributed by atoms with Gasteiger partial charge in [-0.15, -0.1) is 0 Å². The van der Waals surface area contributed by atoms with Crippen LogP contribution >= 0.6 is 0 Å². The molecule has 6 aromatic rings. The second kappa shape index (κ2) is 10.8. The molecule has 6 rings (SSSR count). The predicted octanol–water partition coefficient (Wildman–Crippen LogP) is 10.3. The lowest BCUT2D eigenvalue weighted by molar-refractivity contribution is 0.309. The highest BCUT2D eigenvalue weighted by atomic mass is 16.5. The Morgan fingerprint density at radius 2 is 0.947 bits per heavy atom. The molecule has 0 amide bonds. The zero-order valence-electron chi connectivity index (χ0n) is 22.3. The monoisotopic (exact) mass is 498 g/mol. The molecule has 2 heteroatoms. The van der Waals surface area contributed by atoms with Crippen LogP contribution in [-0.4, -0.2) is 13.2 Å². The summed E-state index contributed by atoms with van der Waals surface area (Å²) in [7, 11) is 0. The molecule has 0 aromatic heterocycles. The maximum atomic E-state index is 5.92. The minimum atomic E-state index is 0.766. The highest BCUT2D eigenvalue weighted by Crippen LogP contribution is 2.44. The van der Waals surface area contributed by atoms with Gasteiger partial charge in [-0.3, -0.25) is 0 Å².